The van der Waals surface area contributed by atoms with Crippen molar-refractivity contribution < 1.29 is 14.3 Å². The number of unbranched alkanes of at least 4 members (excludes halogenated alkanes) is 14. The lowest BCUT2D eigenvalue weighted by Gasteiger charge is -2.17. The molecular weight excluding hydrogens is 416 g/mol. The monoisotopic (exact) mass is 468 g/mol. The highest BCUT2D eigenvalue weighted by molar-refractivity contribution is 5.84. The van der Waals surface area contributed by atoms with Crippen LogP contribution in [0, 0.1) is 5.41 Å². The lowest BCUT2D eigenvalue weighted by molar-refractivity contribution is -0.147. The lowest BCUT2D eigenvalue weighted by Crippen LogP contribution is -2.42. The molecule has 0 aliphatic rings. The predicted molar refractivity (Wildman–Crippen MR) is 137 cm³/mol. The van der Waals surface area contributed by atoms with Crippen LogP contribution in [0.3, 0.4) is 0 Å². The van der Waals surface area contributed by atoms with Gasteiger partial charge < -0.3 is 21.1 Å². The number of hydrogen-bond acceptors (Lipinski definition) is 4. The highest BCUT2D eigenvalue weighted by atomic mass is 16.5. The van der Waals surface area contributed by atoms with E-state index in [-0.39, 0.29) is 18.5 Å². The van der Waals surface area contributed by atoms with Gasteiger partial charge in [-0.2, -0.15) is 0 Å². The summed E-state index contributed by atoms with van der Waals surface area (Å²) in [6.45, 7) is 4.79. The Bertz CT molecular complexity index is 500. The first-order valence-electron chi connectivity index (χ1n) is 13.5. The molecule has 1 unspecified atom stereocenters. The zero-order chi connectivity index (χ0) is 24.6. The molecule has 7 nitrogen and oxygen atoms in total. The van der Waals surface area contributed by atoms with Crippen LogP contribution < -0.4 is 16.4 Å². The standard InChI is InChI=1S/C26H52N4O3/c1-3-5-6-7-8-9-10-11-12-13-14-15-16-17-18-21-24(31)30-23(25(32)33-4-2)20-19-22-29-26(27)28/h23H,3-22H2,1-2H3,(H,30,31)(H4,27,28,29). The van der Waals surface area contributed by atoms with E-state index in [2.05, 4.69) is 17.6 Å². The van der Waals surface area contributed by atoms with Gasteiger partial charge in [-0.15, -0.1) is 0 Å². The zero-order valence-corrected chi connectivity index (χ0v) is 21.5. The molecule has 33 heavy (non-hydrogen) atoms. The van der Waals surface area contributed by atoms with Crippen molar-refractivity contribution in [3.63, 3.8) is 0 Å². The van der Waals surface area contributed by atoms with Crippen molar-refractivity contribution in [3.05, 3.63) is 0 Å². The van der Waals surface area contributed by atoms with Gasteiger partial charge in [0.25, 0.3) is 0 Å². The Morgan fingerprint density at radius 1 is 0.788 bits per heavy atom. The van der Waals surface area contributed by atoms with Crippen LogP contribution in [-0.4, -0.2) is 37.0 Å². The molecule has 0 bridgehead atoms. The van der Waals surface area contributed by atoms with E-state index in [0.29, 0.717) is 25.8 Å². The van der Waals surface area contributed by atoms with Gasteiger partial charge in [0, 0.05) is 13.0 Å². The van der Waals surface area contributed by atoms with Gasteiger partial charge in [0.15, 0.2) is 5.96 Å². The number of esters is 1. The van der Waals surface area contributed by atoms with Crippen LogP contribution in [0.4, 0.5) is 0 Å². The highest BCUT2D eigenvalue weighted by Gasteiger charge is 2.21. The number of nitrogens with one attached hydrogen (secondary N) is 3. The Kier molecular flexibility index (Phi) is 22.1. The number of guanidine groups is 1. The van der Waals surface area contributed by atoms with E-state index in [0.717, 1.165) is 12.8 Å². The second kappa shape index (κ2) is 23.4. The van der Waals surface area contributed by atoms with Crippen LogP contribution in [0.15, 0.2) is 0 Å². The Hall–Kier alpha value is -1.79. The lowest BCUT2D eigenvalue weighted by atomic mass is 10.0. The molecular formula is C26H52N4O3. The van der Waals surface area contributed by atoms with Crippen molar-refractivity contribution in [3.8, 4) is 0 Å². The van der Waals surface area contributed by atoms with Gasteiger partial charge in [-0.25, -0.2) is 4.79 Å². The maximum absolute atomic E-state index is 12.2. The van der Waals surface area contributed by atoms with Crippen LogP contribution >= 0.6 is 0 Å². The largest absolute Gasteiger partial charge is 0.464 e. The molecule has 7 heteroatoms. The van der Waals surface area contributed by atoms with E-state index in [1.165, 1.54) is 83.5 Å². The number of nitrogens with two attached hydrogens (primary N) is 1. The first-order valence-corrected chi connectivity index (χ1v) is 13.5. The predicted octanol–water partition coefficient (Wildman–Crippen LogP) is 5.56. The smallest absolute Gasteiger partial charge is 0.328 e. The average Bonchev–Trinajstić information content (AvgIpc) is 2.78. The van der Waals surface area contributed by atoms with Gasteiger partial charge in [0.2, 0.25) is 5.91 Å². The fraction of sp³-hybridized carbons (Fsp3) is 0.885. The quantitative estimate of drug-likeness (QED) is 0.0678. The van der Waals surface area contributed by atoms with E-state index >= 15 is 0 Å². The van der Waals surface area contributed by atoms with Crippen molar-refractivity contribution in [2.45, 2.75) is 135 Å². The van der Waals surface area contributed by atoms with Crippen molar-refractivity contribution >= 4 is 17.8 Å². The summed E-state index contributed by atoms with van der Waals surface area (Å²) in [5.74, 6) is -0.590. The number of carbonyl (C=O) groups is 2. The van der Waals surface area contributed by atoms with Crippen molar-refractivity contribution in [2.24, 2.45) is 5.73 Å². The molecule has 0 aliphatic carbocycles. The second-order valence-corrected chi connectivity index (χ2v) is 9.05. The molecule has 0 rings (SSSR count). The molecule has 0 saturated carbocycles. The third-order valence-corrected chi connectivity index (χ3v) is 5.90. The topological polar surface area (TPSA) is 117 Å². The molecule has 0 fully saturated rings. The third kappa shape index (κ3) is 21.8. The van der Waals surface area contributed by atoms with Gasteiger partial charge in [-0.1, -0.05) is 96.8 Å². The van der Waals surface area contributed by atoms with Crippen LogP contribution in [0.5, 0.6) is 0 Å². The molecule has 1 amide bonds. The summed E-state index contributed by atoms with van der Waals surface area (Å²) in [7, 11) is 0. The summed E-state index contributed by atoms with van der Waals surface area (Å²) in [6.07, 6.45) is 20.9. The molecule has 0 radical (unpaired) electrons. The SMILES string of the molecule is CCCCCCCCCCCCCCCCCC(=O)NC(CCCNC(=N)N)C(=O)OCC. The van der Waals surface area contributed by atoms with E-state index in [1.807, 2.05) is 0 Å². The molecule has 0 aromatic rings. The average molecular weight is 469 g/mol. The molecule has 0 aromatic carbocycles. The Balaban J connectivity index is 3.70. The maximum atomic E-state index is 12.2. The summed E-state index contributed by atoms with van der Waals surface area (Å²) in [6, 6.07) is -0.637. The molecule has 1 atom stereocenters. The van der Waals surface area contributed by atoms with Gasteiger partial charge in [-0.3, -0.25) is 10.2 Å². The summed E-state index contributed by atoms with van der Waals surface area (Å²) < 4.78 is 5.07. The molecule has 0 spiro atoms. The van der Waals surface area contributed by atoms with Crippen LogP contribution in [0.25, 0.3) is 0 Å². The Morgan fingerprint density at radius 3 is 1.73 bits per heavy atom. The van der Waals surface area contributed by atoms with Crippen molar-refractivity contribution in [2.75, 3.05) is 13.2 Å². The number of amides is 1. The number of rotatable bonds is 23. The normalized spacial score (nSPS) is 11.7. The number of ether oxygens (including phenoxy) is 1. The molecule has 5 N–H and O–H groups in total. The minimum Gasteiger partial charge on any atom is -0.464 e. The van der Waals surface area contributed by atoms with Crippen molar-refractivity contribution in [1.29, 1.82) is 5.41 Å². The first-order chi connectivity index (χ1) is 16.0. The minimum absolute atomic E-state index is 0.0951. The summed E-state index contributed by atoms with van der Waals surface area (Å²) in [4.78, 5) is 24.3. The summed E-state index contributed by atoms with van der Waals surface area (Å²) in [5, 5.41) is 12.7. The van der Waals surface area contributed by atoms with Crippen molar-refractivity contribution in [1.82, 2.24) is 10.6 Å². The van der Waals surface area contributed by atoms with Gasteiger partial charge in [0.1, 0.15) is 6.04 Å². The van der Waals surface area contributed by atoms with Crippen LogP contribution in [0.2, 0.25) is 0 Å². The summed E-state index contributed by atoms with van der Waals surface area (Å²) in [5.41, 5.74) is 5.26. The minimum atomic E-state index is -0.637. The zero-order valence-electron chi connectivity index (χ0n) is 21.5. The van der Waals surface area contributed by atoms with E-state index in [4.69, 9.17) is 15.9 Å². The highest BCUT2D eigenvalue weighted by Crippen LogP contribution is 2.13. The molecule has 0 saturated heterocycles. The fourth-order valence-corrected chi connectivity index (χ4v) is 3.94. The molecule has 0 aliphatic heterocycles. The Labute approximate surface area is 202 Å². The van der Waals surface area contributed by atoms with Crippen LogP contribution in [0.1, 0.15) is 129 Å². The number of hydrogen-bond donors (Lipinski definition) is 4. The molecule has 0 heterocycles. The first kappa shape index (κ1) is 31.2. The van der Waals surface area contributed by atoms with E-state index in [9.17, 15) is 9.59 Å². The fourth-order valence-electron chi connectivity index (χ4n) is 3.94. The second-order valence-electron chi connectivity index (χ2n) is 9.05. The molecule has 0 aromatic heterocycles. The summed E-state index contributed by atoms with van der Waals surface area (Å²) >= 11 is 0. The van der Waals surface area contributed by atoms with Gasteiger partial charge in [0.05, 0.1) is 6.61 Å². The Morgan fingerprint density at radius 2 is 1.27 bits per heavy atom. The van der Waals surface area contributed by atoms with Crippen LogP contribution in [-0.2, 0) is 14.3 Å². The van der Waals surface area contributed by atoms with Gasteiger partial charge in [-0.05, 0) is 26.2 Å². The maximum Gasteiger partial charge on any atom is 0.328 e. The molecule has 194 valence electrons. The number of carbonyl (C=O) groups excluding carboxylic acids is 2. The third-order valence-electron chi connectivity index (χ3n) is 5.90. The van der Waals surface area contributed by atoms with E-state index < -0.39 is 12.0 Å². The van der Waals surface area contributed by atoms with Gasteiger partial charge >= 0.3 is 5.97 Å². The van der Waals surface area contributed by atoms with E-state index in [1.54, 1.807) is 6.92 Å².